The summed E-state index contributed by atoms with van der Waals surface area (Å²) in [6, 6.07) is 2.59. The van der Waals surface area contributed by atoms with Crippen LogP contribution in [0.15, 0.2) is 16.7 Å². The standard InChI is InChI=1S/C12H12ClN3O4/c13-6-3-5(7(17)4-8(6)18)1-2-9-10(14)11(12(15)19)16-20-9/h3-4,17-18H,1-2,14H2,(H2,15,19). The molecule has 106 valence electrons. The summed E-state index contributed by atoms with van der Waals surface area (Å²) in [5.74, 6) is -0.779. The normalized spacial score (nSPS) is 10.7. The van der Waals surface area contributed by atoms with Gasteiger partial charge in [0.25, 0.3) is 5.91 Å². The quantitative estimate of drug-likeness (QED) is 0.669. The van der Waals surface area contributed by atoms with Gasteiger partial charge in [-0.05, 0) is 18.1 Å². The van der Waals surface area contributed by atoms with Crippen LogP contribution in [-0.2, 0) is 12.8 Å². The zero-order valence-corrected chi connectivity index (χ0v) is 11.0. The molecule has 0 aliphatic rings. The van der Waals surface area contributed by atoms with Crippen molar-refractivity contribution in [1.29, 1.82) is 0 Å². The van der Waals surface area contributed by atoms with E-state index in [1.807, 2.05) is 0 Å². The molecule has 0 spiro atoms. The zero-order valence-electron chi connectivity index (χ0n) is 10.3. The number of hydrogen-bond donors (Lipinski definition) is 4. The summed E-state index contributed by atoms with van der Waals surface area (Å²) in [7, 11) is 0. The molecule has 1 heterocycles. The summed E-state index contributed by atoms with van der Waals surface area (Å²) in [6.45, 7) is 0. The first-order valence-electron chi connectivity index (χ1n) is 5.64. The number of benzene rings is 1. The first-order valence-corrected chi connectivity index (χ1v) is 6.02. The second-order valence-corrected chi connectivity index (χ2v) is 4.57. The third-order valence-corrected chi connectivity index (χ3v) is 3.11. The maximum Gasteiger partial charge on any atom is 0.273 e. The van der Waals surface area contributed by atoms with Gasteiger partial charge in [-0.3, -0.25) is 4.79 Å². The van der Waals surface area contributed by atoms with Crippen LogP contribution >= 0.6 is 11.6 Å². The van der Waals surface area contributed by atoms with Crippen molar-refractivity contribution in [2.24, 2.45) is 5.73 Å². The lowest BCUT2D eigenvalue weighted by Crippen LogP contribution is -2.13. The maximum absolute atomic E-state index is 11.0. The molecule has 0 unspecified atom stereocenters. The molecular weight excluding hydrogens is 286 g/mol. The highest BCUT2D eigenvalue weighted by atomic mass is 35.5. The Kier molecular flexibility index (Phi) is 3.71. The summed E-state index contributed by atoms with van der Waals surface area (Å²) >= 11 is 5.76. The number of phenolic OH excluding ortho intramolecular Hbond substituents is 2. The fraction of sp³-hybridized carbons (Fsp3) is 0.167. The van der Waals surface area contributed by atoms with Crippen molar-refractivity contribution in [3.05, 3.63) is 34.2 Å². The van der Waals surface area contributed by atoms with E-state index in [-0.39, 0.29) is 27.9 Å². The molecule has 1 amide bonds. The molecule has 20 heavy (non-hydrogen) atoms. The predicted octanol–water partition coefficient (Wildman–Crippen LogP) is 1.21. The van der Waals surface area contributed by atoms with Crippen LogP contribution in [-0.4, -0.2) is 21.3 Å². The number of carbonyl (C=O) groups is 1. The highest BCUT2D eigenvalue weighted by Gasteiger charge is 2.17. The molecule has 1 aromatic heterocycles. The van der Waals surface area contributed by atoms with Gasteiger partial charge in [0.15, 0.2) is 11.5 Å². The monoisotopic (exact) mass is 297 g/mol. The van der Waals surface area contributed by atoms with Crippen LogP contribution in [0, 0.1) is 0 Å². The lowest BCUT2D eigenvalue weighted by molar-refractivity contribution is 0.0992. The highest BCUT2D eigenvalue weighted by Crippen LogP contribution is 2.32. The summed E-state index contributed by atoms with van der Waals surface area (Å²) in [5.41, 5.74) is 11.2. The third kappa shape index (κ3) is 2.62. The molecule has 2 rings (SSSR count). The van der Waals surface area contributed by atoms with Crippen molar-refractivity contribution < 1.29 is 19.5 Å². The average molecular weight is 298 g/mol. The second-order valence-electron chi connectivity index (χ2n) is 4.16. The van der Waals surface area contributed by atoms with Crippen molar-refractivity contribution in [1.82, 2.24) is 5.16 Å². The van der Waals surface area contributed by atoms with E-state index in [1.165, 1.54) is 6.07 Å². The molecule has 0 fully saturated rings. The first-order chi connectivity index (χ1) is 9.40. The summed E-state index contributed by atoms with van der Waals surface area (Å²) in [5, 5.41) is 22.6. The fourth-order valence-corrected chi connectivity index (χ4v) is 1.92. The Morgan fingerprint density at radius 3 is 2.60 bits per heavy atom. The predicted molar refractivity (Wildman–Crippen MR) is 71.6 cm³/mol. The van der Waals surface area contributed by atoms with Gasteiger partial charge in [0.1, 0.15) is 17.2 Å². The van der Waals surface area contributed by atoms with E-state index in [9.17, 15) is 15.0 Å². The van der Waals surface area contributed by atoms with E-state index in [1.54, 1.807) is 0 Å². The van der Waals surface area contributed by atoms with E-state index in [0.29, 0.717) is 24.2 Å². The van der Waals surface area contributed by atoms with Gasteiger partial charge in [0.05, 0.1) is 5.02 Å². The van der Waals surface area contributed by atoms with Gasteiger partial charge in [-0.25, -0.2) is 0 Å². The van der Waals surface area contributed by atoms with Crippen molar-refractivity contribution >= 4 is 23.2 Å². The van der Waals surface area contributed by atoms with Crippen LogP contribution < -0.4 is 11.5 Å². The van der Waals surface area contributed by atoms with Gasteiger partial charge in [-0.15, -0.1) is 0 Å². The number of nitrogens with two attached hydrogens (primary N) is 2. The minimum absolute atomic E-state index is 0.0851. The number of aromatic nitrogens is 1. The molecule has 0 radical (unpaired) electrons. The molecular formula is C12H12ClN3O4. The van der Waals surface area contributed by atoms with E-state index in [2.05, 4.69) is 5.16 Å². The van der Waals surface area contributed by atoms with Gasteiger partial charge >= 0.3 is 0 Å². The van der Waals surface area contributed by atoms with Gasteiger partial charge in [-0.2, -0.15) is 0 Å². The topological polar surface area (TPSA) is 136 Å². The molecule has 6 N–H and O–H groups in total. The molecule has 0 atom stereocenters. The van der Waals surface area contributed by atoms with Crippen LogP contribution in [0.2, 0.25) is 5.02 Å². The van der Waals surface area contributed by atoms with Crippen LogP contribution in [0.3, 0.4) is 0 Å². The number of carbonyl (C=O) groups excluding carboxylic acids is 1. The first kappa shape index (κ1) is 14.0. The van der Waals surface area contributed by atoms with E-state index >= 15 is 0 Å². The van der Waals surface area contributed by atoms with E-state index in [4.69, 9.17) is 27.6 Å². The van der Waals surface area contributed by atoms with Crippen LogP contribution in [0.25, 0.3) is 0 Å². The second kappa shape index (κ2) is 5.30. The molecule has 0 aliphatic heterocycles. The number of amides is 1. The molecule has 1 aromatic carbocycles. The number of halogens is 1. The number of anilines is 1. The van der Waals surface area contributed by atoms with Gasteiger partial charge < -0.3 is 26.2 Å². The summed E-state index contributed by atoms with van der Waals surface area (Å²) in [4.78, 5) is 11.0. The summed E-state index contributed by atoms with van der Waals surface area (Å²) < 4.78 is 4.93. The molecule has 8 heteroatoms. The lowest BCUT2D eigenvalue weighted by atomic mass is 10.1. The average Bonchev–Trinajstić information content (AvgIpc) is 2.74. The van der Waals surface area contributed by atoms with Crippen LogP contribution in [0.4, 0.5) is 5.69 Å². The molecule has 2 aromatic rings. The highest BCUT2D eigenvalue weighted by molar-refractivity contribution is 6.32. The van der Waals surface area contributed by atoms with Crippen LogP contribution in [0.1, 0.15) is 21.8 Å². The number of hydrogen-bond acceptors (Lipinski definition) is 6. The number of aryl methyl sites for hydroxylation is 2. The molecule has 0 aliphatic carbocycles. The minimum Gasteiger partial charge on any atom is -0.508 e. The molecule has 0 saturated heterocycles. The number of phenols is 2. The third-order valence-electron chi connectivity index (χ3n) is 2.81. The Hall–Kier alpha value is -2.41. The van der Waals surface area contributed by atoms with E-state index in [0.717, 1.165) is 6.07 Å². The number of aromatic hydroxyl groups is 2. The summed E-state index contributed by atoms with van der Waals surface area (Å²) in [6.07, 6.45) is 0.629. The Bertz CT molecular complexity index is 669. The largest absolute Gasteiger partial charge is 0.508 e. The van der Waals surface area contributed by atoms with Gasteiger partial charge in [-0.1, -0.05) is 16.8 Å². The lowest BCUT2D eigenvalue weighted by Gasteiger charge is -2.05. The van der Waals surface area contributed by atoms with Gasteiger partial charge in [0.2, 0.25) is 0 Å². The Morgan fingerprint density at radius 1 is 1.30 bits per heavy atom. The Balaban J connectivity index is 2.17. The Labute approximate surface area is 118 Å². The number of nitrogen functional groups attached to an aromatic ring is 1. The smallest absolute Gasteiger partial charge is 0.273 e. The van der Waals surface area contributed by atoms with Crippen LogP contribution in [0.5, 0.6) is 11.5 Å². The fourth-order valence-electron chi connectivity index (χ4n) is 1.73. The SMILES string of the molecule is NC(=O)c1noc(CCc2cc(Cl)c(O)cc2O)c1N. The van der Waals surface area contributed by atoms with E-state index < -0.39 is 5.91 Å². The minimum atomic E-state index is -0.770. The van der Waals surface area contributed by atoms with Crippen molar-refractivity contribution in [3.63, 3.8) is 0 Å². The maximum atomic E-state index is 11.0. The molecule has 7 nitrogen and oxygen atoms in total. The Morgan fingerprint density at radius 2 is 2.00 bits per heavy atom. The molecule has 0 saturated carbocycles. The molecule has 0 bridgehead atoms. The van der Waals surface area contributed by atoms with Crippen molar-refractivity contribution in [3.8, 4) is 11.5 Å². The van der Waals surface area contributed by atoms with Gasteiger partial charge in [0, 0.05) is 12.5 Å². The number of rotatable bonds is 4. The number of nitrogens with zero attached hydrogens (tertiary/aromatic N) is 1. The zero-order chi connectivity index (χ0) is 14.9. The van der Waals surface area contributed by atoms with Crippen molar-refractivity contribution in [2.45, 2.75) is 12.8 Å². The van der Waals surface area contributed by atoms with Crippen molar-refractivity contribution in [2.75, 3.05) is 5.73 Å². The number of primary amides is 1.